The zero-order chi connectivity index (χ0) is 41.8. The number of aliphatic hydroxyl groups is 5. The lowest BCUT2D eigenvalue weighted by atomic mass is 9.99. The van der Waals surface area contributed by atoms with Crippen molar-refractivity contribution in [3.63, 3.8) is 0 Å². The van der Waals surface area contributed by atoms with E-state index in [-0.39, 0.29) is 12.5 Å². The van der Waals surface area contributed by atoms with Gasteiger partial charge in [-0.2, -0.15) is 0 Å². The SMILES string of the molecule is CCCCCCCCCCCCCCCCCCCCCCCCC(=O)NC(COC1OC(CO)C(O)C(O)C1O)C(O)C=CCCCCCCCCC(C)CC. The van der Waals surface area contributed by atoms with Crippen molar-refractivity contribution >= 4 is 5.91 Å². The Labute approximate surface area is 350 Å². The minimum absolute atomic E-state index is 0.175. The molecule has 0 saturated carbocycles. The Kier molecular flexibility index (Phi) is 35.9. The fraction of sp³-hybridized carbons (Fsp3) is 0.938. The minimum atomic E-state index is -1.56. The molecule has 1 heterocycles. The first kappa shape index (κ1) is 53.9. The van der Waals surface area contributed by atoms with E-state index in [2.05, 4.69) is 26.1 Å². The monoisotopic (exact) mass is 812 g/mol. The first-order chi connectivity index (χ1) is 27.7. The number of ether oxygens (including phenoxy) is 2. The summed E-state index contributed by atoms with van der Waals surface area (Å²) < 4.78 is 11.2. The molecule has 1 rings (SSSR count). The lowest BCUT2D eigenvalue weighted by Crippen LogP contribution is -2.60. The van der Waals surface area contributed by atoms with Crippen molar-refractivity contribution in [1.29, 1.82) is 0 Å². The van der Waals surface area contributed by atoms with E-state index in [1.807, 2.05) is 6.08 Å². The Balaban J connectivity index is 2.26. The largest absolute Gasteiger partial charge is 0.394 e. The average molecular weight is 812 g/mol. The molecule has 1 aliphatic heterocycles. The molecular formula is C48H93NO8. The van der Waals surface area contributed by atoms with Crippen LogP contribution in [0.2, 0.25) is 0 Å². The summed E-state index contributed by atoms with van der Waals surface area (Å²) in [6, 6.07) is -0.800. The van der Waals surface area contributed by atoms with Crippen molar-refractivity contribution < 1.29 is 39.8 Å². The lowest BCUT2D eigenvalue weighted by molar-refractivity contribution is -0.302. The van der Waals surface area contributed by atoms with E-state index in [4.69, 9.17) is 9.47 Å². The van der Waals surface area contributed by atoms with Crippen LogP contribution in [0.1, 0.15) is 226 Å². The van der Waals surface area contributed by atoms with Crippen LogP contribution >= 0.6 is 0 Å². The Bertz CT molecular complexity index is 919. The molecule has 57 heavy (non-hydrogen) atoms. The van der Waals surface area contributed by atoms with Crippen molar-refractivity contribution in [2.45, 2.75) is 269 Å². The van der Waals surface area contributed by atoms with Gasteiger partial charge in [0.25, 0.3) is 0 Å². The van der Waals surface area contributed by atoms with Gasteiger partial charge in [0.15, 0.2) is 6.29 Å². The van der Waals surface area contributed by atoms with Gasteiger partial charge in [0.2, 0.25) is 5.91 Å². The quantitative estimate of drug-likeness (QED) is 0.0265. The first-order valence-corrected chi connectivity index (χ1v) is 24.3. The maximum Gasteiger partial charge on any atom is 0.220 e. The van der Waals surface area contributed by atoms with E-state index in [0.717, 1.165) is 44.4 Å². The van der Waals surface area contributed by atoms with Gasteiger partial charge in [-0.15, -0.1) is 0 Å². The van der Waals surface area contributed by atoms with E-state index >= 15 is 0 Å². The van der Waals surface area contributed by atoms with E-state index in [9.17, 15) is 30.3 Å². The average Bonchev–Trinajstić information content (AvgIpc) is 3.21. The molecule has 338 valence electrons. The number of carbonyl (C=O) groups is 1. The van der Waals surface area contributed by atoms with Crippen LogP contribution in [0.15, 0.2) is 12.2 Å². The molecule has 0 aliphatic carbocycles. The molecule has 8 atom stereocenters. The van der Waals surface area contributed by atoms with Gasteiger partial charge in [-0.1, -0.05) is 213 Å². The number of aliphatic hydroxyl groups excluding tert-OH is 5. The Hall–Kier alpha value is -1.07. The number of hydrogen-bond donors (Lipinski definition) is 6. The summed E-state index contributed by atoms with van der Waals surface area (Å²) in [4.78, 5) is 13.0. The maximum atomic E-state index is 13.0. The number of hydrogen-bond acceptors (Lipinski definition) is 8. The molecule has 6 N–H and O–H groups in total. The Morgan fingerprint density at radius 1 is 0.649 bits per heavy atom. The van der Waals surface area contributed by atoms with Gasteiger partial charge < -0.3 is 40.3 Å². The topological polar surface area (TPSA) is 149 Å². The lowest BCUT2D eigenvalue weighted by Gasteiger charge is -2.40. The highest BCUT2D eigenvalue weighted by atomic mass is 16.7. The van der Waals surface area contributed by atoms with Gasteiger partial charge in [-0.05, 0) is 25.2 Å². The smallest absolute Gasteiger partial charge is 0.220 e. The number of rotatable bonds is 40. The Morgan fingerprint density at radius 2 is 1.11 bits per heavy atom. The van der Waals surface area contributed by atoms with Crippen LogP contribution in [0.5, 0.6) is 0 Å². The highest BCUT2D eigenvalue weighted by Gasteiger charge is 2.44. The van der Waals surface area contributed by atoms with E-state index in [1.54, 1.807) is 6.08 Å². The molecule has 0 spiro atoms. The molecule has 0 bridgehead atoms. The van der Waals surface area contributed by atoms with Crippen molar-refractivity contribution in [3.05, 3.63) is 12.2 Å². The molecular weight excluding hydrogens is 719 g/mol. The highest BCUT2D eigenvalue weighted by Crippen LogP contribution is 2.23. The minimum Gasteiger partial charge on any atom is -0.394 e. The van der Waals surface area contributed by atoms with Gasteiger partial charge >= 0.3 is 0 Å². The predicted molar refractivity (Wildman–Crippen MR) is 235 cm³/mol. The third-order valence-corrected chi connectivity index (χ3v) is 12.2. The van der Waals surface area contributed by atoms with Gasteiger partial charge in [-0.3, -0.25) is 4.79 Å². The van der Waals surface area contributed by atoms with Crippen molar-refractivity contribution in [3.8, 4) is 0 Å². The maximum absolute atomic E-state index is 13.0. The van der Waals surface area contributed by atoms with Crippen LogP contribution in [-0.4, -0.2) is 87.5 Å². The van der Waals surface area contributed by atoms with E-state index in [1.165, 1.54) is 161 Å². The number of unbranched alkanes of at least 4 members (excludes halogenated alkanes) is 27. The first-order valence-electron chi connectivity index (χ1n) is 24.3. The normalized spacial score (nSPS) is 21.6. The number of amides is 1. The van der Waals surface area contributed by atoms with Crippen LogP contribution in [0.25, 0.3) is 0 Å². The second-order valence-corrected chi connectivity index (χ2v) is 17.5. The van der Waals surface area contributed by atoms with Crippen LogP contribution in [-0.2, 0) is 14.3 Å². The zero-order valence-corrected chi connectivity index (χ0v) is 37.3. The van der Waals surface area contributed by atoms with Crippen molar-refractivity contribution in [2.24, 2.45) is 5.92 Å². The van der Waals surface area contributed by atoms with Crippen LogP contribution in [0.3, 0.4) is 0 Å². The molecule has 0 aromatic rings. The fourth-order valence-electron chi connectivity index (χ4n) is 7.84. The van der Waals surface area contributed by atoms with Crippen LogP contribution < -0.4 is 5.32 Å². The summed E-state index contributed by atoms with van der Waals surface area (Å²) in [5.41, 5.74) is 0. The molecule has 0 aromatic carbocycles. The molecule has 1 saturated heterocycles. The summed E-state index contributed by atoms with van der Waals surface area (Å²) in [5.74, 6) is 0.641. The third kappa shape index (κ3) is 28.9. The molecule has 1 amide bonds. The number of allylic oxidation sites excluding steroid dienone is 1. The van der Waals surface area contributed by atoms with Gasteiger partial charge in [0, 0.05) is 6.42 Å². The van der Waals surface area contributed by atoms with Crippen LogP contribution in [0.4, 0.5) is 0 Å². The molecule has 1 aliphatic rings. The molecule has 1 fully saturated rings. The summed E-state index contributed by atoms with van der Waals surface area (Å²) >= 11 is 0. The molecule has 8 unspecified atom stereocenters. The number of nitrogens with one attached hydrogen (secondary N) is 1. The van der Waals surface area contributed by atoms with Crippen LogP contribution in [0, 0.1) is 5.92 Å². The standard InChI is InChI=1S/C48H93NO8/c1-4-6-7-8-9-10-11-12-13-14-15-16-17-18-19-20-21-22-23-28-31-34-37-44(52)49-41(39-56-48-47(55)46(54)45(53)43(38-50)57-48)42(51)36-33-30-27-25-24-26-29-32-35-40(3)5-2/h33,36,40-43,45-48,50-51,53-55H,4-32,34-35,37-39H2,1-3H3,(H,49,52). The summed E-state index contributed by atoms with van der Waals surface area (Å²) in [6.45, 7) is 6.11. The molecule has 9 heteroatoms. The number of carbonyl (C=O) groups excluding carboxylic acids is 1. The van der Waals surface area contributed by atoms with E-state index < -0.39 is 49.5 Å². The van der Waals surface area contributed by atoms with Crippen molar-refractivity contribution in [1.82, 2.24) is 5.32 Å². The second kappa shape index (κ2) is 37.9. The summed E-state index contributed by atoms with van der Waals surface area (Å²) in [7, 11) is 0. The van der Waals surface area contributed by atoms with Gasteiger partial charge in [-0.25, -0.2) is 0 Å². The molecule has 0 radical (unpaired) electrons. The fourth-order valence-corrected chi connectivity index (χ4v) is 7.84. The zero-order valence-electron chi connectivity index (χ0n) is 37.3. The second-order valence-electron chi connectivity index (χ2n) is 17.5. The molecule has 9 nitrogen and oxygen atoms in total. The summed E-state index contributed by atoms with van der Waals surface area (Å²) in [6.07, 6.45) is 35.5. The summed E-state index contributed by atoms with van der Waals surface area (Å²) in [5, 5.41) is 54.2. The van der Waals surface area contributed by atoms with Gasteiger partial charge in [0.05, 0.1) is 25.4 Å². The Morgan fingerprint density at radius 3 is 1.58 bits per heavy atom. The van der Waals surface area contributed by atoms with Crippen molar-refractivity contribution in [2.75, 3.05) is 13.2 Å². The predicted octanol–water partition coefficient (Wildman–Crippen LogP) is 10.4. The third-order valence-electron chi connectivity index (χ3n) is 12.2. The van der Waals surface area contributed by atoms with Gasteiger partial charge in [0.1, 0.15) is 24.4 Å². The molecule has 0 aromatic heterocycles. The van der Waals surface area contributed by atoms with E-state index in [0.29, 0.717) is 6.42 Å². The highest BCUT2D eigenvalue weighted by molar-refractivity contribution is 5.76.